The lowest BCUT2D eigenvalue weighted by Crippen LogP contribution is -2.60. The highest BCUT2D eigenvalue weighted by Gasteiger charge is 2.34. The van der Waals surface area contributed by atoms with Gasteiger partial charge in [0.15, 0.2) is 0 Å². The molecule has 2 rings (SSSR count). The van der Waals surface area contributed by atoms with Crippen molar-refractivity contribution in [2.24, 2.45) is 0 Å². The zero-order valence-corrected chi connectivity index (χ0v) is 13.9. The van der Waals surface area contributed by atoms with Gasteiger partial charge in [-0.05, 0) is 51.8 Å². The number of halogens is 1. The second kappa shape index (κ2) is 6.24. The molecule has 0 radical (unpaired) electrons. The van der Waals surface area contributed by atoms with Gasteiger partial charge < -0.3 is 15.0 Å². The van der Waals surface area contributed by atoms with Crippen LogP contribution in [0.1, 0.15) is 44.9 Å². The van der Waals surface area contributed by atoms with E-state index in [9.17, 15) is 9.18 Å². The fourth-order valence-electron chi connectivity index (χ4n) is 2.39. The molecule has 122 valence electrons. The molecule has 1 unspecified atom stereocenters. The zero-order chi connectivity index (χ0) is 16.5. The molecule has 1 amide bonds. The molecular formula is C17H25FN2O2. The maximum atomic E-state index is 13.6. The Hall–Kier alpha value is -1.62. The SMILES string of the molecule is Cc1ccc(C(C)NC2CN(C(=O)OC(C)(C)C)C2)cc1F. The molecular weight excluding hydrogens is 283 g/mol. The number of likely N-dealkylation sites (tertiary alicyclic amines) is 1. The topological polar surface area (TPSA) is 41.6 Å². The van der Waals surface area contributed by atoms with Crippen LogP contribution in [-0.2, 0) is 4.74 Å². The largest absolute Gasteiger partial charge is 0.444 e. The number of amides is 1. The number of rotatable bonds is 3. The molecule has 1 aliphatic heterocycles. The fraction of sp³-hybridized carbons (Fsp3) is 0.588. The molecule has 1 N–H and O–H groups in total. The van der Waals surface area contributed by atoms with E-state index in [1.807, 2.05) is 33.8 Å². The molecule has 0 saturated carbocycles. The smallest absolute Gasteiger partial charge is 0.410 e. The van der Waals surface area contributed by atoms with Crippen molar-refractivity contribution in [1.29, 1.82) is 0 Å². The van der Waals surface area contributed by atoms with Gasteiger partial charge in [0.05, 0.1) is 0 Å². The number of hydrogen-bond acceptors (Lipinski definition) is 3. The highest BCUT2D eigenvalue weighted by molar-refractivity contribution is 5.69. The van der Waals surface area contributed by atoms with Crippen molar-refractivity contribution in [2.45, 2.75) is 52.3 Å². The Morgan fingerprint density at radius 1 is 1.41 bits per heavy atom. The van der Waals surface area contributed by atoms with E-state index in [-0.39, 0.29) is 24.0 Å². The second-order valence-corrected chi connectivity index (χ2v) is 6.98. The molecule has 1 atom stereocenters. The van der Waals surface area contributed by atoms with Crippen LogP contribution in [0.2, 0.25) is 0 Å². The lowest BCUT2D eigenvalue weighted by molar-refractivity contribution is 0.00434. The monoisotopic (exact) mass is 308 g/mol. The van der Waals surface area contributed by atoms with Gasteiger partial charge in [-0.1, -0.05) is 12.1 Å². The molecule has 0 aliphatic carbocycles. The molecule has 1 fully saturated rings. The third kappa shape index (κ3) is 4.19. The van der Waals surface area contributed by atoms with Crippen LogP contribution < -0.4 is 5.32 Å². The van der Waals surface area contributed by atoms with Gasteiger partial charge >= 0.3 is 6.09 Å². The van der Waals surface area contributed by atoms with Gasteiger partial charge in [-0.2, -0.15) is 0 Å². The second-order valence-electron chi connectivity index (χ2n) is 6.98. The number of aryl methyl sites for hydroxylation is 1. The molecule has 4 nitrogen and oxygen atoms in total. The Kier molecular flexibility index (Phi) is 4.75. The fourth-order valence-corrected chi connectivity index (χ4v) is 2.39. The minimum atomic E-state index is -0.470. The van der Waals surface area contributed by atoms with Crippen molar-refractivity contribution >= 4 is 6.09 Å². The maximum Gasteiger partial charge on any atom is 0.410 e. The first-order chi connectivity index (χ1) is 10.2. The number of carbonyl (C=O) groups excluding carboxylic acids is 1. The van der Waals surface area contributed by atoms with E-state index in [2.05, 4.69) is 5.32 Å². The van der Waals surface area contributed by atoms with Gasteiger partial charge in [0.1, 0.15) is 11.4 Å². The lowest BCUT2D eigenvalue weighted by Gasteiger charge is -2.41. The third-order valence-corrected chi connectivity index (χ3v) is 3.71. The highest BCUT2D eigenvalue weighted by atomic mass is 19.1. The number of nitrogens with zero attached hydrogens (tertiary/aromatic N) is 1. The molecule has 1 aromatic carbocycles. The first kappa shape index (κ1) is 16.7. The summed E-state index contributed by atoms with van der Waals surface area (Å²) in [6, 6.07) is 5.54. The van der Waals surface area contributed by atoms with Crippen molar-refractivity contribution in [2.75, 3.05) is 13.1 Å². The maximum absolute atomic E-state index is 13.6. The van der Waals surface area contributed by atoms with E-state index in [4.69, 9.17) is 4.74 Å². The van der Waals surface area contributed by atoms with Crippen molar-refractivity contribution in [3.63, 3.8) is 0 Å². The quantitative estimate of drug-likeness (QED) is 0.930. The van der Waals surface area contributed by atoms with E-state index in [1.54, 1.807) is 24.0 Å². The van der Waals surface area contributed by atoms with Gasteiger partial charge in [0, 0.05) is 25.2 Å². The van der Waals surface area contributed by atoms with Gasteiger partial charge in [-0.25, -0.2) is 9.18 Å². The average Bonchev–Trinajstić information content (AvgIpc) is 2.34. The summed E-state index contributed by atoms with van der Waals surface area (Å²) in [5.41, 5.74) is 1.09. The van der Waals surface area contributed by atoms with Crippen molar-refractivity contribution in [3.8, 4) is 0 Å². The Bertz CT molecular complexity index is 548. The van der Waals surface area contributed by atoms with Gasteiger partial charge in [-0.3, -0.25) is 0 Å². The van der Waals surface area contributed by atoms with E-state index >= 15 is 0 Å². The summed E-state index contributed by atoms with van der Waals surface area (Å²) in [6.07, 6.45) is -0.278. The predicted octanol–water partition coefficient (Wildman–Crippen LogP) is 3.40. The summed E-state index contributed by atoms with van der Waals surface area (Å²) in [4.78, 5) is 13.5. The van der Waals surface area contributed by atoms with E-state index in [0.29, 0.717) is 18.7 Å². The van der Waals surface area contributed by atoms with Crippen molar-refractivity contribution < 1.29 is 13.9 Å². The summed E-state index contributed by atoms with van der Waals surface area (Å²) in [5.74, 6) is -0.185. The molecule has 1 heterocycles. The number of hydrogen-bond donors (Lipinski definition) is 1. The molecule has 22 heavy (non-hydrogen) atoms. The lowest BCUT2D eigenvalue weighted by atomic mass is 10.0. The van der Waals surface area contributed by atoms with Crippen LogP contribution in [0, 0.1) is 12.7 Å². The number of carbonyl (C=O) groups is 1. The minimum Gasteiger partial charge on any atom is -0.444 e. The summed E-state index contributed by atoms with van der Waals surface area (Å²) in [7, 11) is 0. The van der Waals surface area contributed by atoms with Gasteiger partial charge in [-0.15, -0.1) is 0 Å². The van der Waals surface area contributed by atoms with Crippen LogP contribution in [0.15, 0.2) is 18.2 Å². The summed E-state index contributed by atoms with van der Waals surface area (Å²) in [6.45, 7) is 10.6. The predicted molar refractivity (Wildman–Crippen MR) is 84.3 cm³/mol. The summed E-state index contributed by atoms with van der Waals surface area (Å²) >= 11 is 0. The molecule has 1 aliphatic rings. The van der Waals surface area contributed by atoms with Crippen LogP contribution in [0.4, 0.5) is 9.18 Å². The van der Waals surface area contributed by atoms with Crippen LogP contribution >= 0.6 is 0 Å². The summed E-state index contributed by atoms with van der Waals surface area (Å²) < 4.78 is 18.9. The molecule has 0 spiro atoms. The molecule has 1 aromatic rings. The first-order valence-electron chi connectivity index (χ1n) is 7.66. The van der Waals surface area contributed by atoms with Crippen LogP contribution in [0.3, 0.4) is 0 Å². The summed E-state index contributed by atoms with van der Waals surface area (Å²) in [5, 5.41) is 3.41. The Morgan fingerprint density at radius 2 is 2.05 bits per heavy atom. The van der Waals surface area contributed by atoms with E-state index < -0.39 is 5.60 Å². The number of benzene rings is 1. The zero-order valence-electron chi connectivity index (χ0n) is 13.9. The third-order valence-electron chi connectivity index (χ3n) is 3.71. The van der Waals surface area contributed by atoms with Gasteiger partial charge in [0.2, 0.25) is 0 Å². The Balaban J connectivity index is 1.82. The Morgan fingerprint density at radius 3 is 2.59 bits per heavy atom. The van der Waals surface area contributed by atoms with Crippen LogP contribution in [0.5, 0.6) is 0 Å². The molecule has 5 heteroatoms. The van der Waals surface area contributed by atoms with Crippen molar-refractivity contribution in [3.05, 3.63) is 35.1 Å². The van der Waals surface area contributed by atoms with Gasteiger partial charge in [0.25, 0.3) is 0 Å². The molecule has 1 saturated heterocycles. The van der Waals surface area contributed by atoms with E-state index in [1.165, 1.54) is 0 Å². The molecule has 0 bridgehead atoms. The number of ether oxygens (including phenoxy) is 1. The first-order valence-corrected chi connectivity index (χ1v) is 7.66. The minimum absolute atomic E-state index is 0.0425. The Labute approximate surface area is 131 Å². The standard InChI is InChI=1S/C17H25FN2O2/c1-11-6-7-13(8-15(11)18)12(2)19-14-9-20(10-14)16(21)22-17(3,4)5/h6-8,12,14,19H,9-10H2,1-5H3. The average molecular weight is 308 g/mol. The van der Waals surface area contributed by atoms with Crippen LogP contribution in [0.25, 0.3) is 0 Å². The number of nitrogens with one attached hydrogen (secondary N) is 1. The van der Waals surface area contributed by atoms with Crippen molar-refractivity contribution in [1.82, 2.24) is 10.2 Å². The highest BCUT2D eigenvalue weighted by Crippen LogP contribution is 2.20. The molecule has 0 aromatic heterocycles. The van der Waals surface area contributed by atoms with E-state index in [0.717, 1.165) is 5.56 Å². The van der Waals surface area contributed by atoms with Crippen LogP contribution in [-0.4, -0.2) is 35.7 Å². The normalized spacial score (nSPS) is 17.1.